The number of hydrogen-bond donors (Lipinski definition) is 1. The predicted molar refractivity (Wildman–Crippen MR) is 71.6 cm³/mol. The molecule has 0 amide bonds. The van der Waals surface area contributed by atoms with Crippen LogP contribution in [-0.2, 0) is 13.2 Å². The van der Waals surface area contributed by atoms with Gasteiger partial charge in [0.15, 0.2) is 11.5 Å². The molecule has 5 nitrogen and oxygen atoms in total. The van der Waals surface area contributed by atoms with Crippen LogP contribution < -0.4 is 19.9 Å². The summed E-state index contributed by atoms with van der Waals surface area (Å²) in [5.41, 5.74) is 6.64. The van der Waals surface area contributed by atoms with Crippen LogP contribution in [0.15, 0.2) is 18.3 Å². The van der Waals surface area contributed by atoms with Crippen LogP contribution in [0.3, 0.4) is 0 Å². The molecule has 0 saturated heterocycles. The van der Waals surface area contributed by atoms with E-state index < -0.39 is 0 Å². The second-order valence-corrected chi connectivity index (χ2v) is 5.47. The molecule has 1 aliphatic rings. The van der Waals surface area contributed by atoms with Crippen molar-refractivity contribution in [3.8, 4) is 17.2 Å². The van der Waals surface area contributed by atoms with Crippen molar-refractivity contribution in [2.75, 3.05) is 6.79 Å². The number of nitrogens with two attached hydrogens (primary N) is 1. The Morgan fingerprint density at radius 3 is 2.84 bits per heavy atom. The highest BCUT2D eigenvalue weighted by Crippen LogP contribution is 2.38. The van der Waals surface area contributed by atoms with E-state index in [1.54, 1.807) is 11.3 Å². The summed E-state index contributed by atoms with van der Waals surface area (Å²) < 4.78 is 16.5. The maximum atomic E-state index is 5.81. The lowest BCUT2D eigenvalue weighted by molar-refractivity contribution is 0.173. The van der Waals surface area contributed by atoms with Crippen LogP contribution in [0.4, 0.5) is 0 Å². The number of rotatable bonds is 4. The normalized spacial score (nSPS) is 12.7. The number of nitrogens with zero attached hydrogens (tertiary/aromatic N) is 1. The highest BCUT2D eigenvalue weighted by Gasteiger charge is 2.17. The molecule has 0 radical (unpaired) electrons. The van der Waals surface area contributed by atoms with E-state index in [1.165, 1.54) is 0 Å². The third-order valence-corrected chi connectivity index (χ3v) is 3.70. The summed E-state index contributed by atoms with van der Waals surface area (Å²) in [6, 6.07) is 3.70. The number of ether oxygens (including phenoxy) is 3. The maximum Gasteiger partial charge on any atom is 0.231 e. The second kappa shape index (κ2) is 5.07. The topological polar surface area (TPSA) is 66.6 Å². The summed E-state index contributed by atoms with van der Waals surface area (Å²) in [5.74, 6) is 2.16. The van der Waals surface area contributed by atoms with Crippen LogP contribution in [0.5, 0.6) is 17.2 Å². The van der Waals surface area contributed by atoms with Gasteiger partial charge in [0.1, 0.15) is 12.4 Å². The summed E-state index contributed by atoms with van der Waals surface area (Å²) >= 11 is 1.62. The molecular formula is C13H14N2O3S. The molecule has 0 fully saturated rings. The summed E-state index contributed by atoms with van der Waals surface area (Å²) in [7, 11) is 0. The minimum absolute atomic E-state index is 0.247. The Hall–Kier alpha value is -1.79. The minimum atomic E-state index is 0.247. The Balaban J connectivity index is 1.80. The Kier molecular flexibility index (Phi) is 3.27. The molecule has 0 aliphatic carbocycles. The number of fused-ring (bicyclic) bond motifs is 1. The Morgan fingerprint density at radius 2 is 2.16 bits per heavy atom. The highest BCUT2D eigenvalue weighted by molar-refractivity contribution is 7.11. The molecule has 0 saturated carbocycles. The first kappa shape index (κ1) is 12.3. The average Bonchev–Trinajstić information content (AvgIpc) is 3.03. The molecule has 0 atom stereocenters. The molecule has 100 valence electrons. The lowest BCUT2D eigenvalue weighted by Gasteiger charge is -2.10. The molecule has 2 N–H and O–H groups in total. The van der Waals surface area contributed by atoms with Gasteiger partial charge in [0.05, 0.1) is 9.88 Å². The number of thiazole rings is 1. The van der Waals surface area contributed by atoms with E-state index in [4.69, 9.17) is 19.9 Å². The van der Waals surface area contributed by atoms with Crippen molar-refractivity contribution in [3.63, 3.8) is 0 Å². The fourth-order valence-corrected chi connectivity index (χ4v) is 2.59. The highest BCUT2D eigenvalue weighted by atomic mass is 32.1. The molecule has 0 spiro atoms. The standard InChI is InChI=1S/C13H14N2O3S/c1-8-15-5-10(19-8)6-16-11-3-13-12(17-7-18-13)2-9(11)4-14/h2-3,5H,4,6-7,14H2,1H3. The van der Waals surface area contributed by atoms with Crippen LogP contribution >= 0.6 is 11.3 Å². The third-order valence-electron chi connectivity index (χ3n) is 2.81. The summed E-state index contributed by atoms with van der Waals surface area (Å²) in [6.07, 6.45) is 1.83. The minimum Gasteiger partial charge on any atom is -0.488 e. The number of hydrogen-bond acceptors (Lipinski definition) is 6. The molecule has 1 aliphatic heterocycles. The van der Waals surface area contributed by atoms with Gasteiger partial charge in [0.25, 0.3) is 0 Å². The molecule has 2 aromatic rings. The van der Waals surface area contributed by atoms with Gasteiger partial charge >= 0.3 is 0 Å². The van der Waals surface area contributed by atoms with Gasteiger partial charge in [-0.05, 0) is 13.0 Å². The van der Waals surface area contributed by atoms with Crippen LogP contribution in [0, 0.1) is 6.92 Å². The van der Waals surface area contributed by atoms with Gasteiger partial charge in [-0.2, -0.15) is 0 Å². The van der Waals surface area contributed by atoms with E-state index in [0.717, 1.165) is 26.9 Å². The van der Waals surface area contributed by atoms with Crippen molar-refractivity contribution in [2.45, 2.75) is 20.1 Å². The maximum absolute atomic E-state index is 5.81. The average molecular weight is 278 g/mol. The summed E-state index contributed by atoms with van der Waals surface area (Å²) in [5, 5.41) is 1.03. The van der Waals surface area contributed by atoms with Gasteiger partial charge in [-0.1, -0.05) is 0 Å². The van der Waals surface area contributed by atoms with Crippen LogP contribution in [0.25, 0.3) is 0 Å². The lowest BCUT2D eigenvalue weighted by Crippen LogP contribution is -2.02. The van der Waals surface area contributed by atoms with Crippen molar-refractivity contribution in [1.29, 1.82) is 0 Å². The fourth-order valence-electron chi connectivity index (χ4n) is 1.88. The monoisotopic (exact) mass is 278 g/mol. The van der Waals surface area contributed by atoms with Crippen LogP contribution in [0.2, 0.25) is 0 Å². The van der Waals surface area contributed by atoms with Gasteiger partial charge in [0, 0.05) is 24.4 Å². The first-order chi connectivity index (χ1) is 9.26. The molecular weight excluding hydrogens is 264 g/mol. The SMILES string of the molecule is Cc1ncc(COc2cc3c(cc2CN)OCO3)s1. The van der Waals surface area contributed by atoms with Crippen LogP contribution in [-0.4, -0.2) is 11.8 Å². The van der Waals surface area contributed by atoms with Gasteiger partial charge < -0.3 is 19.9 Å². The third kappa shape index (κ3) is 2.50. The lowest BCUT2D eigenvalue weighted by atomic mass is 10.2. The number of aryl methyl sites for hydroxylation is 1. The quantitative estimate of drug-likeness (QED) is 0.928. The second-order valence-electron chi connectivity index (χ2n) is 4.15. The molecule has 19 heavy (non-hydrogen) atoms. The van der Waals surface area contributed by atoms with Gasteiger partial charge in [-0.25, -0.2) is 4.98 Å². The van der Waals surface area contributed by atoms with Crippen molar-refractivity contribution in [1.82, 2.24) is 4.98 Å². The van der Waals surface area contributed by atoms with E-state index in [2.05, 4.69) is 4.98 Å². The molecule has 2 heterocycles. The van der Waals surface area contributed by atoms with Crippen molar-refractivity contribution in [3.05, 3.63) is 33.8 Å². The summed E-state index contributed by atoms with van der Waals surface area (Å²) in [4.78, 5) is 5.28. The molecule has 0 unspecified atom stereocenters. The molecule has 3 rings (SSSR count). The van der Waals surface area contributed by atoms with Gasteiger partial charge in [0.2, 0.25) is 6.79 Å². The van der Waals surface area contributed by atoms with E-state index in [1.807, 2.05) is 25.3 Å². The van der Waals surface area contributed by atoms with Crippen molar-refractivity contribution in [2.24, 2.45) is 5.73 Å². The zero-order valence-electron chi connectivity index (χ0n) is 10.5. The predicted octanol–water partition coefficient (Wildman–Crippen LogP) is 2.22. The number of benzene rings is 1. The van der Waals surface area contributed by atoms with E-state index in [0.29, 0.717) is 18.9 Å². The van der Waals surface area contributed by atoms with Crippen LogP contribution in [0.1, 0.15) is 15.4 Å². The Labute approximate surface area is 114 Å². The van der Waals surface area contributed by atoms with Crippen molar-refractivity contribution < 1.29 is 14.2 Å². The first-order valence-corrected chi connectivity index (χ1v) is 6.74. The van der Waals surface area contributed by atoms with E-state index >= 15 is 0 Å². The zero-order chi connectivity index (χ0) is 13.2. The number of aromatic nitrogens is 1. The fraction of sp³-hybridized carbons (Fsp3) is 0.308. The van der Waals surface area contributed by atoms with Gasteiger partial charge in [-0.3, -0.25) is 0 Å². The Bertz CT molecular complexity index is 598. The molecule has 1 aromatic heterocycles. The smallest absolute Gasteiger partial charge is 0.231 e. The van der Waals surface area contributed by atoms with Gasteiger partial charge in [-0.15, -0.1) is 11.3 Å². The van der Waals surface area contributed by atoms with E-state index in [9.17, 15) is 0 Å². The zero-order valence-corrected chi connectivity index (χ0v) is 11.3. The van der Waals surface area contributed by atoms with E-state index in [-0.39, 0.29) is 6.79 Å². The Morgan fingerprint density at radius 1 is 1.37 bits per heavy atom. The molecule has 1 aromatic carbocycles. The molecule has 6 heteroatoms. The summed E-state index contributed by atoms with van der Waals surface area (Å²) in [6.45, 7) is 3.10. The molecule has 0 bridgehead atoms. The first-order valence-electron chi connectivity index (χ1n) is 5.93. The van der Waals surface area contributed by atoms with Crippen molar-refractivity contribution >= 4 is 11.3 Å². The largest absolute Gasteiger partial charge is 0.488 e.